The van der Waals surface area contributed by atoms with Crippen LogP contribution in [-0.4, -0.2) is 22.9 Å². The lowest BCUT2D eigenvalue weighted by atomic mass is 9.94. The third kappa shape index (κ3) is 3.27. The van der Waals surface area contributed by atoms with Crippen LogP contribution in [-0.2, 0) is 18.3 Å². The Morgan fingerprint density at radius 2 is 1.88 bits per heavy atom. The molecule has 136 valence electrons. The predicted molar refractivity (Wildman–Crippen MR) is 102 cm³/mol. The van der Waals surface area contributed by atoms with Crippen molar-refractivity contribution >= 4 is 23.2 Å². The van der Waals surface area contributed by atoms with E-state index in [0.29, 0.717) is 12.2 Å². The quantitative estimate of drug-likeness (QED) is 0.902. The van der Waals surface area contributed by atoms with Crippen LogP contribution in [0.3, 0.4) is 0 Å². The molecule has 3 rings (SSSR count). The Bertz CT molecular complexity index is 938. The fourth-order valence-electron chi connectivity index (χ4n) is 3.04. The average molecular weight is 353 g/mol. The summed E-state index contributed by atoms with van der Waals surface area (Å²) >= 11 is 0. The van der Waals surface area contributed by atoms with Crippen molar-refractivity contribution in [3.63, 3.8) is 0 Å². The van der Waals surface area contributed by atoms with Crippen molar-refractivity contribution in [2.75, 3.05) is 16.8 Å². The number of anilines is 2. The molecule has 2 heterocycles. The number of aryl methyl sites for hydroxylation is 1. The molecule has 0 aliphatic carbocycles. The van der Waals surface area contributed by atoms with Crippen molar-refractivity contribution in [1.29, 1.82) is 0 Å². The Labute approximate surface area is 152 Å². The maximum Gasteiger partial charge on any atom is 0.263 e. The summed E-state index contributed by atoms with van der Waals surface area (Å²) in [5.41, 5.74) is 1.72. The highest BCUT2D eigenvalue weighted by molar-refractivity contribution is 6.05. The SMILES string of the molecule is Cn1cccc(C(=O)Nc2ccc3c(c2)N(C(=O)C(C)(C)C)CC3)c1=O. The summed E-state index contributed by atoms with van der Waals surface area (Å²) < 4.78 is 1.36. The number of benzene rings is 1. The summed E-state index contributed by atoms with van der Waals surface area (Å²) in [6.45, 7) is 6.32. The van der Waals surface area contributed by atoms with Crippen LogP contribution in [0, 0.1) is 5.41 Å². The molecule has 26 heavy (non-hydrogen) atoms. The Morgan fingerprint density at radius 1 is 1.15 bits per heavy atom. The number of amides is 2. The first-order valence-electron chi connectivity index (χ1n) is 8.60. The van der Waals surface area contributed by atoms with Crippen LogP contribution in [0.25, 0.3) is 0 Å². The number of fused-ring (bicyclic) bond motifs is 1. The van der Waals surface area contributed by atoms with Gasteiger partial charge in [0, 0.05) is 36.6 Å². The maximum absolute atomic E-state index is 12.7. The number of rotatable bonds is 2. The molecule has 0 saturated carbocycles. The fraction of sp³-hybridized carbons (Fsp3) is 0.350. The fourth-order valence-corrected chi connectivity index (χ4v) is 3.04. The van der Waals surface area contributed by atoms with E-state index < -0.39 is 11.3 Å². The van der Waals surface area contributed by atoms with Gasteiger partial charge in [0.25, 0.3) is 11.5 Å². The molecular weight excluding hydrogens is 330 g/mol. The summed E-state index contributed by atoms with van der Waals surface area (Å²) in [6.07, 6.45) is 2.40. The molecule has 6 nitrogen and oxygen atoms in total. The van der Waals surface area contributed by atoms with Gasteiger partial charge in [-0.25, -0.2) is 0 Å². The highest BCUT2D eigenvalue weighted by Crippen LogP contribution is 2.34. The second-order valence-electron chi connectivity index (χ2n) is 7.59. The number of nitrogens with one attached hydrogen (secondary N) is 1. The molecule has 1 aliphatic rings. The van der Waals surface area contributed by atoms with E-state index in [2.05, 4.69) is 5.32 Å². The van der Waals surface area contributed by atoms with Crippen LogP contribution in [0.2, 0.25) is 0 Å². The predicted octanol–water partition coefficient (Wildman–Crippen LogP) is 2.57. The molecule has 1 aromatic heterocycles. The number of aromatic nitrogens is 1. The van der Waals surface area contributed by atoms with Gasteiger partial charge in [-0.05, 0) is 36.2 Å². The van der Waals surface area contributed by atoms with E-state index in [4.69, 9.17) is 0 Å². The van der Waals surface area contributed by atoms with Crippen LogP contribution < -0.4 is 15.8 Å². The van der Waals surface area contributed by atoms with Crippen molar-refractivity contribution in [3.8, 4) is 0 Å². The van der Waals surface area contributed by atoms with Gasteiger partial charge in [-0.1, -0.05) is 26.8 Å². The lowest BCUT2D eigenvalue weighted by Gasteiger charge is -2.26. The summed E-state index contributed by atoms with van der Waals surface area (Å²) in [4.78, 5) is 39.0. The van der Waals surface area contributed by atoms with Gasteiger partial charge in [0.05, 0.1) is 0 Å². The van der Waals surface area contributed by atoms with Gasteiger partial charge in [0.2, 0.25) is 5.91 Å². The van der Waals surface area contributed by atoms with E-state index in [1.54, 1.807) is 36.3 Å². The summed E-state index contributed by atoms with van der Waals surface area (Å²) in [6, 6.07) is 8.68. The van der Waals surface area contributed by atoms with Crippen molar-refractivity contribution < 1.29 is 9.59 Å². The Kier molecular flexibility index (Phi) is 4.44. The maximum atomic E-state index is 12.7. The van der Waals surface area contributed by atoms with E-state index in [-0.39, 0.29) is 17.0 Å². The number of hydrogen-bond donors (Lipinski definition) is 1. The number of carbonyl (C=O) groups is 2. The summed E-state index contributed by atoms with van der Waals surface area (Å²) in [5.74, 6) is -0.408. The van der Waals surface area contributed by atoms with Crippen LogP contribution in [0.1, 0.15) is 36.7 Å². The van der Waals surface area contributed by atoms with Gasteiger partial charge in [0.15, 0.2) is 0 Å². The van der Waals surface area contributed by atoms with E-state index in [0.717, 1.165) is 17.7 Å². The molecule has 0 unspecified atom stereocenters. The molecule has 1 aliphatic heterocycles. The summed E-state index contributed by atoms with van der Waals surface area (Å²) in [5, 5.41) is 2.76. The Hall–Kier alpha value is -2.89. The van der Waals surface area contributed by atoms with Crippen molar-refractivity contribution in [2.24, 2.45) is 12.5 Å². The van der Waals surface area contributed by atoms with Gasteiger partial charge >= 0.3 is 0 Å². The number of carbonyl (C=O) groups excluding carboxylic acids is 2. The topological polar surface area (TPSA) is 71.4 Å². The van der Waals surface area contributed by atoms with Gasteiger partial charge in [0.1, 0.15) is 5.56 Å². The largest absolute Gasteiger partial charge is 0.322 e. The van der Waals surface area contributed by atoms with E-state index in [1.807, 2.05) is 26.8 Å². The monoisotopic (exact) mass is 353 g/mol. The standard InChI is InChI=1S/C20H23N3O3/c1-20(2,3)19(26)23-11-9-13-7-8-14(12-16(13)23)21-17(24)15-6-5-10-22(4)18(15)25/h5-8,10,12H,9,11H2,1-4H3,(H,21,24). The minimum Gasteiger partial charge on any atom is -0.322 e. The molecule has 0 spiro atoms. The van der Waals surface area contributed by atoms with Crippen molar-refractivity contribution in [2.45, 2.75) is 27.2 Å². The molecule has 0 fully saturated rings. The van der Waals surface area contributed by atoms with Crippen LogP contribution in [0.15, 0.2) is 41.3 Å². The second kappa shape index (κ2) is 6.44. The number of hydrogen-bond acceptors (Lipinski definition) is 3. The molecule has 6 heteroatoms. The minimum atomic E-state index is -0.475. The second-order valence-corrected chi connectivity index (χ2v) is 7.59. The zero-order chi connectivity index (χ0) is 19.1. The Balaban J connectivity index is 1.88. The smallest absolute Gasteiger partial charge is 0.263 e. The number of nitrogens with zero attached hydrogens (tertiary/aromatic N) is 2. The highest BCUT2D eigenvalue weighted by Gasteiger charge is 2.32. The zero-order valence-corrected chi connectivity index (χ0v) is 15.5. The third-order valence-corrected chi connectivity index (χ3v) is 4.49. The first-order valence-corrected chi connectivity index (χ1v) is 8.60. The lowest BCUT2D eigenvalue weighted by Crippen LogP contribution is -2.38. The van der Waals surface area contributed by atoms with Crippen LogP contribution in [0.4, 0.5) is 11.4 Å². The van der Waals surface area contributed by atoms with E-state index in [1.165, 1.54) is 10.6 Å². The van der Waals surface area contributed by atoms with Gasteiger partial charge < -0.3 is 14.8 Å². The highest BCUT2D eigenvalue weighted by atomic mass is 16.2. The van der Waals surface area contributed by atoms with Gasteiger partial charge in [-0.15, -0.1) is 0 Å². The molecule has 2 aromatic rings. The molecule has 0 bridgehead atoms. The Morgan fingerprint density at radius 3 is 2.58 bits per heavy atom. The molecule has 0 atom stereocenters. The molecule has 2 amide bonds. The van der Waals surface area contributed by atoms with Crippen molar-refractivity contribution in [3.05, 3.63) is 58.0 Å². The normalized spacial score (nSPS) is 13.5. The third-order valence-electron chi connectivity index (χ3n) is 4.49. The molecule has 1 N–H and O–H groups in total. The molecule has 0 saturated heterocycles. The minimum absolute atomic E-state index is 0.0525. The molecule has 1 aromatic carbocycles. The number of pyridine rings is 1. The molecular formula is C20H23N3O3. The van der Waals surface area contributed by atoms with Crippen LogP contribution >= 0.6 is 0 Å². The zero-order valence-electron chi connectivity index (χ0n) is 15.5. The first-order chi connectivity index (χ1) is 12.2. The first kappa shape index (κ1) is 17.9. The van der Waals surface area contributed by atoms with Crippen molar-refractivity contribution in [1.82, 2.24) is 4.57 Å². The van der Waals surface area contributed by atoms with E-state index in [9.17, 15) is 14.4 Å². The van der Waals surface area contributed by atoms with Crippen LogP contribution in [0.5, 0.6) is 0 Å². The van der Waals surface area contributed by atoms with E-state index >= 15 is 0 Å². The van der Waals surface area contributed by atoms with Gasteiger partial charge in [-0.2, -0.15) is 0 Å². The lowest BCUT2D eigenvalue weighted by molar-refractivity contribution is -0.125. The summed E-state index contributed by atoms with van der Waals surface area (Å²) in [7, 11) is 1.60. The van der Waals surface area contributed by atoms with Gasteiger partial charge in [-0.3, -0.25) is 14.4 Å². The molecule has 0 radical (unpaired) electrons. The average Bonchev–Trinajstić information content (AvgIpc) is 2.98.